The number of benzene rings is 2. The summed E-state index contributed by atoms with van der Waals surface area (Å²) in [5, 5.41) is 7.69. The number of anilines is 1. The molecule has 0 spiro atoms. The van der Waals surface area contributed by atoms with E-state index in [1.807, 2.05) is 44.2 Å². The van der Waals surface area contributed by atoms with E-state index in [1.165, 1.54) is 23.1 Å². The number of aromatic nitrogens is 2. The summed E-state index contributed by atoms with van der Waals surface area (Å²) in [5.74, 6) is -0.655. The van der Waals surface area contributed by atoms with Crippen LogP contribution < -0.4 is 5.32 Å². The molecule has 3 rings (SSSR count). The van der Waals surface area contributed by atoms with E-state index in [2.05, 4.69) is 26.1 Å². The van der Waals surface area contributed by atoms with Crippen molar-refractivity contribution in [3.05, 3.63) is 77.2 Å². The van der Waals surface area contributed by atoms with Crippen molar-refractivity contribution in [3.8, 4) is 5.69 Å². The fourth-order valence-electron chi connectivity index (χ4n) is 3.55. The van der Waals surface area contributed by atoms with E-state index in [9.17, 15) is 14.0 Å². The van der Waals surface area contributed by atoms with E-state index in [4.69, 9.17) is 5.10 Å². The highest BCUT2D eigenvalue weighted by atomic mass is 19.1. The van der Waals surface area contributed by atoms with Crippen LogP contribution in [-0.4, -0.2) is 39.6 Å². The zero-order valence-electron chi connectivity index (χ0n) is 20.6. The highest BCUT2D eigenvalue weighted by Gasteiger charge is 2.23. The molecule has 0 aliphatic heterocycles. The fraction of sp³-hybridized carbons (Fsp3) is 0.370. The molecule has 0 saturated heterocycles. The summed E-state index contributed by atoms with van der Waals surface area (Å²) < 4.78 is 15.4. The van der Waals surface area contributed by atoms with E-state index < -0.39 is 5.82 Å². The predicted molar refractivity (Wildman–Crippen MR) is 133 cm³/mol. The number of unbranched alkanes of at least 4 members (excludes halogenated alkanes) is 1. The Hall–Kier alpha value is -3.48. The molecule has 1 aromatic heterocycles. The quantitative estimate of drug-likeness (QED) is 0.479. The van der Waals surface area contributed by atoms with Gasteiger partial charge in [-0.3, -0.25) is 9.59 Å². The van der Waals surface area contributed by atoms with Gasteiger partial charge in [0.25, 0.3) is 5.91 Å². The van der Waals surface area contributed by atoms with Crippen molar-refractivity contribution in [3.63, 3.8) is 0 Å². The zero-order chi connectivity index (χ0) is 24.9. The van der Waals surface area contributed by atoms with Crippen molar-refractivity contribution >= 4 is 17.6 Å². The Morgan fingerprint density at radius 3 is 2.47 bits per heavy atom. The van der Waals surface area contributed by atoms with Crippen molar-refractivity contribution in [2.75, 3.05) is 18.4 Å². The fourth-order valence-corrected chi connectivity index (χ4v) is 3.55. The molecule has 0 atom stereocenters. The van der Waals surface area contributed by atoms with Crippen molar-refractivity contribution in [1.29, 1.82) is 0 Å². The molecular weight excluding hydrogens is 431 g/mol. The summed E-state index contributed by atoms with van der Waals surface area (Å²) in [6.45, 7) is 10.5. The van der Waals surface area contributed by atoms with Gasteiger partial charge in [0.2, 0.25) is 5.91 Å². The Balaban J connectivity index is 1.86. The normalized spacial score (nSPS) is 11.4. The minimum absolute atomic E-state index is 0.140. The van der Waals surface area contributed by atoms with E-state index >= 15 is 0 Å². The molecule has 1 heterocycles. The molecule has 7 heteroatoms. The summed E-state index contributed by atoms with van der Waals surface area (Å²) in [6, 6.07) is 15.3. The predicted octanol–water partition coefficient (Wildman–Crippen LogP) is 5.50. The number of carbonyl (C=O) groups is 2. The Morgan fingerprint density at radius 2 is 1.82 bits per heavy atom. The van der Waals surface area contributed by atoms with Crippen LogP contribution in [0.25, 0.3) is 5.69 Å². The van der Waals surface area contributed by atoms with Crippen LogP contribution >= 0.6 is 0 Å². The van der Waals surface area contributed by atoms with Crippen LogP contribution in [0.4, 0.5) is 10.2 Å². The maximum Gasteiger partial charge on any atom is 0.254 e. The lowest BCUT2D eigenvalue weighted by atomic mass is 9.92. The smallest absolute Gasteiger partial charge is 0.254 e. The standard InChI is InChI=1S/C27H33FN4O2/c1-6-7-14-31(26(34)20-11-9-12-21(28)16-20)18-25(33)29-24-17-23(27(3,4)5)30-32(24)22-13-8-10-19(2)15-22/h8-13,15-17H,6-7,14,18H2,1-5H3,(H,29,33). The van der Waals surface area contributed by atoms with E-state index in [1.54, 1.807) is 10.7 Å². The number of aryl methyl sites for hydroxylation is 1. The van der Waals surface area contributed by atoms with Crippen LogP contribution in [-0.2, 0) is 10.2 Å². The topological polar surface area (TPSA) is 67.2 Å². The Labute approximate surface area is 200 Å². The minimum Gasteiger partial charge on any atom is -0.329 e. The van der Waals surface area contributed by atoms with Gasteiger partial charge < -0.3 is 10.2 Å². The molecule has 0 unspecified atom stereocenters. The number of hydrogen-bond donors (Lipinski definition) is 1. The second kappa shape index (κ2) is 10.6. The molecule has 2 amide bonds. The van der Waals surface area contributed by atoms with Crippen LogP contribution in [0.1, 0.15) is 62.2 Å². The van der Waals surface area contributed by atoms with E-state index in [-0.39, 0.29) is 29.3 Å². The summed E-state index contributed by atoms with van der Waals surface area (Å²) in [4.78, 5) is 27.6. The lowest BCUT2D eigenvalue weighted by Gasteiger charge is -2.22. The van der Waals surface area contributed by atoms with Crippen LogP contribution in [0.15, 0.2) is 54.6 Å². The molecule has 6 nitrogen and oxygen atoms in total. The molecule has 0 fully saturated rings. The Kier molecular flexibility index (Phi) is 7.87. The summed E-state index contributed by atoms with van der Waals surface area (Å²) in [5.41, 5.74) is 2.76. The molecule has 3 aromatic rings. The molecule has 34 heavy (non-hydrogen) atoms. The lowest BCUT2D eigenvalue weighted by Crippen LogP contribution is -2.39. The first kappa shape index (κ1) is 25.1. The third kappa shape index (κ3) is 6.31. The third-order valence-corrected chi connectivity index (χ3v) is 5.47. The van der Waals surface area contributed by atoms with Gasteiger partial charge in [0.05, 0.1) is 11.4 Å². The highest BCUT2D eigenvalue weighted by Crippen LogP contribution is 2.26. The average molecular weight is 465 g/mol. The van der Waals surface area contributed by atoms with E-state index in [0.29, 0.717) is 12.4 Å². The number of hydrogen-bond acceptors (Lipinski definition) is 3. The van der Waals surface area contributed by atoms with Gasteiger partial charge in [0, 0.05) is 23.6 Å². The number of nitrogens with one attached hydrogen (secondary N) is 1. The average Bonchev–Trinajstić information content (AvgIpc) is 3.20. The maximum absolute atomic E-state index is 13.7. The monoisotopic (exact) mass is 464 g/mol. The van der Waals surface area contributed by atoms with Crippen LogP contribution in [0.3, 0.4) is 0 Å². The summed E-state index contributed by atoms with van der Waals surface area (Å²) in [7, 11) is 0. The largest absolute Gasteiger partial charge is 0.329 e. The zero-order valence-corrected chi connectivity index (χ0v) is 20.6. The Morgan fingerprint density at radius 1 is 1.09 bits per heavy atom. The molecule has 0 saturated carbocycles. The van der Waals surface area contributed by atoms with Gasteiger partial charge in [-0.2, -0.15) is 5.10 Å². The Bertz CT molecular complexity index is 1160. The number of amides is 2. The lowest BCUT2D eigenvalue weighted by molar-refractivity contribution is -0.116. The first-order chi connectivity index (χ1) is 16.1. The van der Waals surface area contributed by atoms with Gasteiger partial charge in [-0.15, -0.1) is 0 Å². The number of nitrogens with zero attached hydrogens (tertiary/aromatic N) is 3. The van der Waals surface area contributed by atoms with Gasteiger partial charge >= 0.3 is 0 Å². The van der Waals surface area contributed by atoms with Gasteiger partial charge in [0.15, 0.2) is 0 Å². The van der Waals surface area contributed by atoms with Crippen LogP contribution in [0.2, 0.25) is 0 Å². The third-order valence-electron chi connectivity index (χ3n) is 5.47. The van der Waals surface area contributed by atoms with Gasteiger partial charge in [-0.1, -0.05) is 52.3 Å². The van der Waals surface area contributed by atoms with Gasteiger partial charge in [-0.25, -0.2) is 9.07 Å². The van der Waals surface area contributed by atoms with Gasteiger partial charge in [-0.05, 0) is 49.2 Å². The molecule has 0 aliphatic carbocycles. The SMILES string of the molecule is CCCCN(CC(=O)Nc1cc(C(C)(C)C)nn1-c1cccc(C)c1)C(=O)c1cccc(F)c1. The molecule has 0 aliphatic rings. The second-order valence-electron chi connectivity index (χ2n) is 9.55. The molecule has 0 bridgehead atoms. The number of carbonyl (C=O) groups excluding carboxylic acids is 2. The van der Waals surface area contributed by atoms with Crippen molar-refractivity contribution in [1.82, 2.24) is 14.7 Å². The highest BCUT2D eigenvalue weighted by molar-refractivity contribution is 5.99. The van der Waals surface area contributed by atoms with Gasteiger partial charge in [0.1, 0.15) is 18.2 Å². The maximum atomic E-state index is 13.7. The molecule has 1 N–H and O–H groups in total. The van der Waals surface area contributed by atoms with Crippen molar-refractivity contribution in [2.24, 2.45) is 0 Å². The number of rotatable bonds is 8. The molecule has 0 radical (unpaired) electrons. The molecule has 2 aromatic carbocycles. The van der Waals surface area contributed by atoms with Crippen LogP contribution in [0.5, 0.6) is 0 Å². The van der Waals surface area contributed by atoms with Crippen molar-refractivity contribution in [2.45, 2.75) is 52.9 Å². The summed E-state index contributed by atoms with van der Waals surface area (Å²) >= 11 is 0. The second-order valence-corrected chi connectivity index (χ2v) is 9.55. The number of halogens is 1. The van der Waals surface area contributed by atoms with Crippen molar-refractivity contribution < 1.29 is 14.0 Å². The molecule has 180 valence electrons. The minimum atomic E-state index is -0.484. The first-order valence-electron chi connectivity index (χ1n) is 11.6. The van der Waals surface area contributed by atoms with Crippen LogP contribution in [0, 0.1) is 12.7 Å². The summed E-state index contributed by atoms with van der Waals surface area (Å²) in [6.07, 6.45) is 1.60. The first-order valence-corrected chi connectivity index (χ1v) is 11.6. The molecular formula is C27H33FN4O2. The van der Waals surface area contributed by atoms with E-state index in [0.717, 1.165) is 29.8 Å².